The number of hydrogen-bond donors (Lipinski definition) is 3. The van der Waals surface area contributed by atoms with E-state index in [1.54, 1.807) is 0 Å². The van der Waals surface area contributed by atoms with Crippen molar-refractivity contribution in [1.82, 2.24) is 0 Å². The van der Waals surface area contributed by atoms with Gasteiger partial charge in [0.05, 0.1) is 0 Å². The van der Waals surface area contributed by atoms with Crippen molar-refractivity contribution in [1.29, 1.82) is 0 Å². The molecule has 0 aliphatic carbocycles. The van der Waals surface area contributed by atoms with Crippen molar-refractivity contribution < 1.29 is 0 Å². The lowest BCUT2D eigenvalue weighted by atomic mass is 9.99. The molecule has 0 heterocycles. The first kappa shape index (κ1) is 32.9. The number of hydrogen-bond acceptors (Lipinski definition) is 3. The Bertz CT molecular complexity index is 1660. The number of nitrogens with two attached hydrogens (primary N) is 3. The fourth-order valence-corrected chi connectivity index (χ4v) is 15.2. The van der Waals surface area contributed by atoms with Crippen LogP contribution in [0.3, 0.4) is 0 Å². The second-order valence-electron chi connectivity index (χ2n) is 12.3. The third-order valence-corrected chi connectivity index (χ3v) is 17.5. The molecule has 6 N–H and O–H groups in total. The smallest absolute Gasteiger partial charge is 0.0395 e. The van der Waals surface area contributed by atoms with E-state index in [4.69, 9.17) is 17.2 Å². The zero-order valence-corrected chi connectivity index (χ0v) is 29.5. The summed E-state index contributed by atoms with van der Waals surface area (Å²) < 4.78 is 0. The van der Waals surface area contributed by atoms with Crippen LogP contribution in [0, 0.1) is 5.41 Å². The lowest BCUT2D eigenvalue weighted by Crippen LogP contribution is -2.37. The van der Waals surface area contributed by atoms with Gasteiger partial charge in [-0.05, 0) is 81.8 Å². The van der Waals surface area contributed by atoms with Gasteiger partial charge in [-0.25, -0.2) is 0 Å². The Kier molecular flexibility index (Phi) is 10.7. The molecule has 0 aliphatic rings. The highest BCUT2D eigenvalue weighted by Gasteiger charge is 2.37. The normalized spacial score (nSPS) is 14.5. The summed E-state index contributed by atoms with van der Waals surface area (Å²) in [7, 11) is -2.34. The monoisotopic (exact) mass is 669 g/mol. The van der Waals surface area contributed by atoms with Crippen molar-refractivity contribution >= 4 is 72.7 Å². The number of nitrogen functional groups attached to an aromatic ring is 3. The van der Waals surface area contributed by atoms with Crippen molar-refractivity contribution in [3.8, 4) is 0 Å². The third-order valence-electron chi connectivity index (χ3n) is 8.51. The predicted octanol–water partition coefficient (Wildman–Crippen LogP) is 7.14. The van der Waals surface area contributed by atoms with Crippen LogP contribution in [-0.2, 0) is 0 Å². The van der Waals surface area contributed by atoms with Gasteiger partial charge in [-0.15, -0.1) is 0 Å². The Morgan fingerprint density at radius 1 is 0.362 bits per heavy atom. The maximum Gasteiger partial charge on any atom is 0.0395 e. The van der Waals surface area contributed by atoms with Crippen LogP contribution in [0.15, 0.2) is 164 Å². The van der Waals surface area contributed by atoms with Gasteiger partial charge in [0, 0.05) is 33.0 Å². The summed E-state index contributed by atoms with van der Waals surface area (Å²) in [6.07, 6.45) is 2.95. The minimum Gasteiger partial charge on any atom is -0.398 e. The average Bonchev–Trinajstić information content (AvgIpc) is 3.11. The number of rotatable bonds is 12. The zero-order valence-electron chi connectivity index (χ0n) is 26.8. The first-order valence-corrected chi connectivity index (χ1v) is 20.5. The molecule has 0 bridgehead atoms. The lowest BCUT2D eigenvalue weighted by molar-refractivity contribution is 0.497. The van der Waals surface area contributed by atoms with E-state index in [9.17, 15) is 0 Å². The quantitative estimate of drug-likeness (QED) is 0.0958. The first-order valence-electron chi connectivity index (χ1n) is 15.9. The Balaban J connectivity index is 1.53. The molecule has 0 spiro atoms. The number of benzene rings is 6. The SMILES string of the molecule is CC(CP(c1ccccc1)c1ccccc1N)(CP(c1ccccc1)c1ccccc1N)CP(c1ccccc1)c1ccccc1N. The topological polar surface area (TPSA) is 78.1 Å². The first-order chi connectivity index (χ1) is 22.9. The van der Waals surface area contributed by atoms with Crippen LogP contribution < -0.4 is 49.0 Å². The Morgan fingerprint density at radius 3 is 0.851 bits per heavy atom. The summed E-state index contributed by atoms with van der Waals surface area (Å²) in [6.45, 7) is 2.51. The molecular formula is C41H42N3P3. The molecule has 3 unspecified atom stereocenters. The highest BCUT2D eigenvalue weighted by molar-refractivity contribution is 7.75. The van der Waals surface area contributed by atoms with E-state index in [1.807, 2.05) is 36.4 Å². The Morgan fingerprint density at radius 2 is 0.596 bits per heavy atom. The maximum atomic E-state index is 6.78. The van der Waals surface area contributed by atoms with Crippen LogP contribution in [-0.4, -0.2) is 18.5 Å². The second-order valence-corrected chi connectivity index (χ2v) is 18.8. The lowest BCUT2D eigenvalue weighted by Gasteiger charge is -2.40. The standard InChI is InChI=1S/C41H42N3P3/c1-41(29-45(32-17-5-2-6-18-32)38-26-14-11-23-35(38)42,30-46(33-19-7-3-8-20-33)39-27-15-12-24-36(39)43)31-47(34-21-9-4-10-22-34)40-28-16-13-25-37(40)44/h2-28H,29-31,42-44H2,1H3. The van der Waals surface area contributed by atoms with E-state index in [0.29, 0.717) is 0 Å². The Hall–Kier alpha value is -3.99. The minimum absolute atomic E-state index is 0.114. The minimum atomic E-state index is -0.779. The molecule has 0 aliphatic heterocycles. The summed E-state index contributed by atoms with van der Waals surface area (Å²) in [5.74, 6) is 0. The van der Waals surface area contributed by atoms with Crippen molar-refractivity contribution in [3.05, 3.63) is 164 Å². The molecule has 6 aromatic carbocycles. The molecular weight excluding hydrogens is 627 g/mol. The average molecular weight is 670 g/mol. The van der Waals surface area contributed by atoms with Gasteiger partial charge < -0.3 is 17.2 Å². The second kappa shape index (κ2) is 15.3. The summed E-state index contributed by atoms with van der Waals surface area (Å²) in [4.78, 5) is 0. The van der Waals surface area contributed by atoms with Gasteiger partial charge in [0.25, 0.3) is 0 Å². The molecule has 0 saturated heterocycles. The van der Waals surface area contributed by atoms with E-state index in [0.717, 1.165) is 35.5 Å². The van der Waals surface area contributed by atoms with Gasteiger partial charge in [-0.1, -0.05) is 153 Å². The molecule has 236 valence electrons. The summed E-state index contributed by atoms with van der Waals surface area (Å²) in [6, 6.07) is 58.3. The van der Waals surface area contributed by atoms with Crippen LogP contribution in [0.2, 0.25) is 0 Å². The van der Waals surface area contributed by atoms with Gasteiger partial charge in [0.1, 0.15) is 0 Å². The molecule has 0 fully saturated rings. The van der Waals surface area contributed by atoms with Gasteiger partial charge in [0.15, 0.2) is 0 Å². The Labute approximate surface area is 283 Å². The van der Waals surface area contributed by atoms with Gasteiger partial charge in [-0.2, -0.15) is 0 Å². The van der Waals surface area contributed by atoms with E-state index >= 15 is 0 Å². The third kappa shape index (κ3) is 7.94. The van der Waals surface area contributed by atoms with E-state index in [2.05, 4.69) is 134 Å². The summed E-state index contributed by atoms with van der Waals surface area (Å²) in [5, 5.41) is 7.76. The van der Waals surface area contributed by atoms with Gasteiger partial charge in [-0.3, -0.25) is 0 Å². The summed E-state index contributed by atoms with van der Waals surface area (Å²) in [5.41, 5.74) is 22.8. The summed E-state index contributed by atoms with van der Waals surface area (Å²) >= 11 is 0. The molecule has 6 aromatic rings. The van der Waals surface area contributed by atoms with Crippen LogP contribution in [0.1, 0.15) is 6.92 Å². The van der Waals surface area contributed by atoms with E-state index in [1.165, 1.54) is 31.8 Å². The zero-order chi connectivity index (χ0) is 32.6. The molecule has 0 amide bonds. The van der Waals surface area contributed by atoms with Crippen LogP contribution in [0.4, 0.5) is 17.1 Å². The molecule has 6 rings (SSSR count). The highest BCUT2D eigenvalue weighted by atomic mass is 31.1. The van der Waals surface area contributed by atoms with Crippen LogP contribution in [0.5, 0.6) is 0 Å². The maximum absolute atomic E-state index is 6.78. The molecule has 0 saturated carbocycles. The van der Waals surface area contributed by atoms with Crippen molar-refractivity contribution in [2.75, 3.05) is 35.7 Å². The molecule has 3 atom stereocenters. The van der Waals surface area contributed by atoms with E-state index in [-0.39, 0.29) is 5.41 Å². The molecule has 47 heavy (non-hydrogen) atoms. The predicted molar refractivity (Wildman–Crippen MR) is 213 cm³/mol. The van der Waals surface area contributed by atoms with E-state index < -0.39 is 23.8 Å². The van der Waals surface area contributed by atoms with Crippen molar-refractivity contribution in [2.45, 2.75) is 6.92 Å². The fourth-order valence-electron chi connectivity index (χ4n) is 6.27. The molecule has 6 heteroatoms. The molecule has 3 nitrogen and oxygen atoms in total. The largest absolute Gasteiger partial charge is 0.398 e. The number of anilines is 3. The highest BCUT2D eigenvalue weighted by Crippen LogP contribution is 2.53. The van der Waals surface area contributed by atoms with Gasteiger partial charge in [0.2, 0.25) is 0 Å². The number of para-hydroxylation sites is 3. The molecule has 0 radical (unpaired) electrons. The molecule has 0 aromatic heterocycles. The fraction of sp³-hybridized carbons (Fsp3) is 0.122. The van der Waals surface area contributed by atoms with Crippen molar-refractivity contribution in [2.24, 2.45) is 5.41 Å². The van der Waals surface area contributed by atoms with Crippen LogP contribution >= 0.6 is 23.8 Å². The van der Waals surface area contributed by atoms with Gasteiger partial charge >= 0.3 is 0 Å². The van der Waals surface area contributed by atoms with Crippen LogP contribution in [0.25, 0.3) is 0 Å². The van der Waals surface area contributed by atoms with Crippen molar-refractivity contribution in [3.63, 3.8) is 0 Å².